The highest BCUT2D eigenvalue weighted by atomic mass is 16.5. The molecule has 0 radical (unpaired) electrons. The van der Waals surface area contributed by atoms with Crippen molar-refractivity contribution in [3.8, 4) is 5.75 Å². The van der Waals surface area contributed by atoms with E-state index in [0.29, 0.717) is 18.2 Å². The van der Waals surface area contributed by atoms with Gasteiger partial charge in [0.25, 0.3) is 0 Å². The van der Waals surface area contributed by atoms with E-state index >= 15 is 0 Å². The van der Waals surface area contributed by atoms with Crippen LogP contribution in [0.5, 0.6) is 5.75 Å². The van der Waals surface area contributed by atoms with Gasteiger partial charge in [0.1, 0.15) is 17.4 Å². The van der Waals surface area contributed by atoms with Gasteiger partial charge in [-0.05, 0) is 62.8 Å². The number of benzene rings is 1. The number of ether oxygens (including phenoxy) is 2. The molecule has 3 aliphatic heterocycles. The molecule has 2 N–H and O–H groups in total. The second-order valence-corrected chi connectivity index (χ2v) is 12.8. The molecule has 3 amide bonds. The molecule has 3 heterocycles. The summed E-state index contributed by atoms with van der Waals surface area (Å²) in [4.78, 5) is 44.4. The summed E-state index contributed by atoms with van der Waals surface area (Å²) < 4.78 is 12.1. The maximum absolute atomic E-state index is 14.5. The summed E-state index contributed by atoms with van der Waals surface area (Å²) in [6.45, 7) is 4.70. The Hall–Kier alpha value is -2.87. The smallest absolute Gasteiger partial charge is 0.246 e. The number of anilines is 1. The van der Waals surface area contributed by atoms with Gasteiger partial charge in [-0.25, -0.2) is 0 Å². The molecule has 7 atom stereocenters. The Morgan fingerprint density at radius 1 is 0.976 bits per heavy atom. The molecule has 1 aromatic carbocycles. The first kappa shape index (κ1) is 28.3. The quantitative estimate of drug-likeness (QED) is 0.456. The van der Waals surface area contributed by atoms with Gasteiger partial charge in [0.05, 0.1) is 24.5 Å². The van der Waals surface area contributed by atoms with Crippen LogP contribution in [0.25, 0.3) is 0 Å². The zero-order valence-electron chi connectivity index (χ0n) is 24.5. The number of amides is 3. The molecule has 0 aromatic heterocycles. The van der Waals surface area contributed by atoms with Crippen LogP contribution in [0.4, 0.5) is 5.69 Å². The first-order valence-corrected chi connectivity index (χ1v) is 16.0. The van der Waals surface area contributed by atoms with Gasteiger partial charge in [-0.2, -0.15) is 0 Å². The fourth-order valence-electron chi connectivity index (χ4n) is 8.13. The molecule has 7 unspecified atom stereocenters. The minimum atomic E-state index is -1.12. The van der Waals surface area contributed by atoms with Crippen molar-refractivity contribution >= 4 is 23.4 Å². The molecular formula is C33H45N3O5. The fraction of sp³-hybridized carbons (Fsp3) is 0.667. The Morgan fingerprint density at radius 3 is 2.37 bits per heavy atom. The van der Waals surface area contributed by atoms with Crippen molar-refractivity contribution in [3.05, 3.63) is 36.4 Å². The molecule has 2 saturated carbocycles. The summed E-state index contributed by atoms with van der Waals surface area (Å²) in [5.74, 6) is -0.754. The number of nitrogens with zero attached hydrogens (tertiary/aromatic N) is 1. The van der Waals surface area contributed by atoms with Gasteiger partial charge in [0.2, 0.25) is 17.7 Å². The molecule has 41 heavy (non-hydrogen) atoms. The molecule has 6 rings (SSSR count). The lowest BCUT2D eigenvalue weighted by molar-refractivity contribution is -0.144. The van der Waals surface area contributed by atoms with Gasteiger partial charge < -0.3 is 25.0 Å². The van der Waals surface area contributed by atoms with Crippen LogP contribution in [0, 0.1) is 17.8 Å². The Morgan fingerprint density at radius 2 is 1.66 bits per heavy atom. The van der Waals surface area contributed by atoms with Crippen molar-refractivity contribution < 1.29 is 23.9 Å². The summed E-state index contributed by atoms with van der Waals surface area (Å²) in [6, 6.07) is 6.57. The van der Waals surface area contributed by atoms with E-state index in [1.807, 2.05) is 36.1 Å². The van der Waals surface area contributed by atoms with E-state index in [-0.39, 0.29) is 29.8 Å². The van der Waals surface area contributed by atoms with Crippen molar-refractivity contribution in [2.75, 3.05) is 11.9 Å². The number of nitrogens with one attached hydrogen (secondary N) is 2. The normalized spacial score (nSPS) is 35.1. The SMILES string of the molecule is CCOc1ccc(NC(=O)C2C3C=CC4(O3)C2C(=O)N(C2CCCCCCC2)C4C(=O)NC2CCCCC2C)cc1. The largest absolute Gasteiger partial charge is 0.494 e. The van der Waals surface area contributed by atoms with Gasteiger partial charge in [-0.3, -0.25) is 14.4 Å². The lowest BCUT2D eigenvalue weighted by Crippen LogP contribution is -2.59. The van der Waals surface area contributed by atoms with Crippen molar-refractivity contribution in [1.29, 1.82) is 0 Å². The van der Waals surface area contributed by atoms with Crippen LogP contribution in [0.2, 0.25) is 0 Å². The summed E-state index contributed by atoms with van der Waals surface area (Å²) in [6.07, 6.45) is 15.0. The third kappa shape index (κ3) is 5.17. The summed E-state index contributed by atoms with van der Waals surface area (Å²) in [5.41, 5.74) is -0.477. The van der Waals surface area contributed by atoms with Crippen LogP contribution in [-0.4, -0.2) is 59.1 Å². The van der Waals surface area contributed by atoms with E-state index in [2.05, 4.69) is 17.6 Å². The van der Waals surface area contributed by atoms with Crippen LogP contribution >= 0.6 is 0 Å². The van der Waals surface area contributed by atoms with Gasteiger partial charge in [0, 0.05) is 17.8 Å². The van der Waals surface area contributed by atoms with E-state index in [4.69, 9.17) is 9.47 Å². The fourth-order valence-corrected chi connectivity index (χ4v) is 8.13. The van der Waals surface area contributed by atoms with Crippen molar-refractivity contribution in [2.45, 2.75) is 114 Å². The number of hydrogen-bond donors (Lipinski definition) is 2. The molecular weight excluding hydrogens is 518 g/mol. The summed E-state index contributed by atoms with van der Waals surface area (Å²) in [5, 5.41) is 6.38. The van der Waals surface area contributed by atoms with Crippen LogP contribution in [0.3, 0.4) is 0 Å². The number of rotatable bonds is 7. The second kappa shape index (κ2) is 11.8. The van der Waals surface area contributed by atoms with Crippen molar-refractivity contribution in [3.63, 3.8) is 0 Å². The predicted octanol–water partition coefficient (Wildman–Crippen LogP) is 4.98. The molecule has 1 aromatic rings. The Labute approximate surface area is 243 Å². The first-order valence-electron chi connectivity index (χ1n) is 16.0. The lowest BCUT2D eigenvalue weighted by atomic mass is 9.74. The number of fused-ring (bicyclic) bond motifs is 1. The topological polar surface area (TPSA) is 97.0 Å². The van der Waals surface area contributed by atoms with Crippen LogP contribution in [0.15, 0.2) is 36.4 Å². The lowest BCUT2D eigenvalue weighted by Gasteiger charge is -2.39. The molecule has 8 nitrogen and oxygen atoms in total. The van der Waals surface area contributed by atoms with Crippen molar-refractivity contribution in [2.24, 2.45) is 17.8 Å². The second-order valence-electron chi connectivity index (χ2n) is 12.8. The van der Waals surface area contributed by atoms with E-state index < -0.39 is 29.6 Å². The number of carbonyl (C=O) groups is 3. The number of hydrogen-bond acceptors (Lipinski definition) is 5. The molecule has 222 valence electrons. The third-order valence-corrected chi connectivity index (χ3v) is 10.2. The van der Waals surface area contributed by atoms with Crippen LogP contribution < -0.4 is 15.4 Å². The highest BCUT2D eigenvalue weighted by molar-refractivity contribution is 6.03. The van der Waals surface area contributed by atoms with E-state index in [1.54, 1.807) is 12.1 Å². The molecule has 2 bridgehead atoms. The minimum absolute atomic E-state index is 0.0202. The summed E-state index contributed by atoms with van der Waals surface area (Å²) >= 11 is 0. The van der Waals surface area contributed by atoms with Gasteiger partial charge >= 0.3 is 0 Å². The number of likely N-dealkylation sites (tertiary alicyclic amines) is 1. The predicted molar refractivity (Wildman–Crippen MR) is 156 cm³/mol. The molecule has 2 saturated heterocycles. The molecule has 2 aliphatic carbocycles. The summed E-state index contributed by atoms with van der Waals surface area (Å²) in [7, 11) is 0. The number of carbonyl (C=O) groups excluding carboxylic acids is 3. The Kier molecular flexibility index (Phi) is 8.12. The zero-order chi connectivity index (χ0) is 28.6. The Bertz CT molecular complexity index is 1160. The average molecular weight is 564 g/mol. The average Bonchev–Trinajstić information content (AvgIpc) is 3.59. The van der Waals surface area contributed by atoms with Gasteiger partial charge in [-0.15, -0.1) is 0 Å². The van der Waals surface area contributed by atoms with Crippen LogP contribution in [-0.2, 0) is 19.1 Å². The maximum Gasteiger partial charge on any atom is 0.246 e. The van der Waals surface area contributed by atoms with E-state index in [1.165, 1.54) is 12.8 Å². The highest BCUT2D eigenvalue weighted by Crippen LogP contribution is 2.56. The Balaban J connectivity index is 1.29. The standard InChI is InChI=1S/C33H45N3O5/c1-3-40-24-17-15-22(16-18-24)34-30(37)27-26-19-20-33(41-26)28(27)32(39)36(23-12-7-5-4-6-8-13-23)29(33)31(38)35-25-14-10-9-11-21(25)2/h15-21,23,25-29H,3-14H2,1-2H3,(H,34,37)(H,35,38). The van der Waals surface area contributed by atoms with Crippen LogP contribution in [0.1, 0.15) is 84.5 Å². The van der Waals surface area contributed by atoms with Crippen molar-refractivity contribution in [1.82, 2.24) is 10.2 Å². The minimum Gasteiger partial charge on any atom is -0.494 e. The van der Waals surface area contributed by atoms with Gasteiger partial charge in [0.15, 0.2) is 0 Å². The van der Waals surface area contributed by atoms with E-state index in [9.17, 15) is 14.4 Å². The van der Waals surface area contributed by atoms with E-state index in [0.717, 1.165) is 63.5 Å². The zero-order valence-corrected chi connectivity index (χ0v) is 24.5. The molecule has 8 heteroatoms. The highest BCUT2D eigenvalue weighted by Gasteiger charge is 2.73. The maximum atomic E-state index is 14.5. The molecule has 4 fully saturated rings. The molecule has 5 aliphatic rings. The monoisotopic (exact) mass is 563 g/mol. The third-order valence-electron chi connectivity index (χ3n) is 10.2. The van der Waals surface area contributed by atoms with Gasteiger partial charge in [-0.1, -0.05) is 64.0 Å². The molecule has 1 spiro atoms. The first-order chi connectivity index (χ1) is 19.9.